The smallest absolute Gasteiger partial charge is 0.280 e. The number of halogens is 1. The minimum atomic E-state index is -0.590. The van der Waals surface area contributed by atoms with Gasteiger partial charge < -0.3 is 5.11 Å². The summed E-state index contributed by atoms with van der Waals surface area (Å²) in [6.45, 7) is 1.65. The molecule has 140 valence electrons. The van der Waals surface area contributed by atoms with Crippen LogP contribution < -0.4 is 10.6 Å². The van der Waals surface area contributed by atoms with Gasteiger partial charge in [0.1, 0.15) is 11.4 Å². The van der Waals surface area contributed by atoms with Crippen LogP contribution >= 0.6 is 0 Å². The van der Waals surface area contributed by atoms with Crippen molar-refractivity contribution in [2.45, 2.75) is 6.92 Å². The van der Waals surface area contributed by atoms with Gasteiger partial charge in [0, 0.05) is 0 Å². The van der Waals surface area contributed by atoms with Gasteiger partial charge in [-0.05, 0) is 49.4 Å². The summed E-state index contributed by atoms with van der Waals surface area (Å²) in [5.74, 6) is -1.23. The second kappa shape index (κ2) is 6.66. The van der Waals surface area contributed by atoms with E-state index in [9.17, 15) is 19.1 Å². The van der Waals surface area contributed by atoms with E-state index in [-0.39, 0.29) is 17.0 Å². The van der Waals surface area contributed by atoms with E-state index < -0.39 is 17.3 Å². The average Bonchev–Trinajstić information content (AvgIpc) is 3.14. The van der Waals surface area contributed by atoms with Crippen LogP contribution in [0.5, 0.6) is 5.88 Å². The SMILES string of the molecule is CC1=NN(c2ccccc2)C(=O)/C1=C\c1c(O)n(-c2ccc(F)cc2)[nH]c1=O. The number of aromatic amines is 1. The van der Waals surface area contributed by atoms with E-state index in [2.05, 4.69) is 10.2 Å². The molecule has 0 fully saturated rings. The first-order valence-electron chi connectivity index (χ1n) is 8.42. The summed E-state index contributed by atoms with van der Waals surface area (Å²) in [6, 6.07) is 14.1. The van der Waals surface area contributed by atoms with Crippen LogP contribution in [0.1, 0.15) is 12.5 Å². The number of hydrazone groups is 1. The summed E-state index contributed by atoms with van der Waals surface area (Å²) in [5.41, 5.74) is 0.904. The Bertz CT molecular complexity index is 1170. The highest BCUT2D eigenvalue weighted by Gasteiger charge is 2.29. The van der Waals surface area contributed by atoms with Crippen LogP contribution in [0.15, 0.2) is 70.1 Å². The lowest BCUT2D eigenvalue weighted by Gasteiger charge is -2.10. The van der Waals surface area contributed by atoms with E-state index in [0.717, 1.165) is 4.68 Å². The van der Waals surface area contributed by atoms with Gasteiger partial charge in [0.15, 0.2) is 0 Å². The van der Waals surface area contributed by atoms with E-state index in [1.807, 2.05) is 6.07 Å². The summed E-state index contributed by atoms with van der Waals surface area (Å²) < 4.78 is 14.2. The minimum Gasteiger partial charge on any atom is -0.493 e. The van der Waals surface area contributed by atoms with E-state index in [1.165, 1.54) is 35.4 Å². The Morgan fingerprint density at radius 1 is 1.04 bits per heavy atom. The van der Waals surface area contributed by atoms with Crippen molar-refractivity contribution in [3.8, 4) is 11.6 Å². The molecule has 0 bridgehead atoms. The maximum atomic E-state index is 13.1. The Morgan fingerprint density at radius 3 is 2.39 bits per heavy atom. The van der Waals surface area contributed by atoms with Gasteiger partial charge in [-0.25, -0.2) is 9.07 Å². The quantitative estimate of drug-likeness (QED) is 0.687. The number of nitrogens with zero attached hydrogens (tertiary/aromatic N) is 3. The first kappa shape index (κ1) is 17.5. The van der Waals surface area contributed by atoms with E-state index in [4.69, 9.17) is 0 Å². The summed E-state index contributed by atoms with van der Waals surface area (Å²) in [7, 11) is 0. The van der Waals surface area contributed by atoms with Crippen LogP contribution in [0.2, 0.25) is 0 Å². The number of carbonyl (C=O) groups is 1. The fraction of sp³-hybridized carbons (Fsp3) is 0.0500. The van der Waals surface area contributed by atoms with Crippen LogP contribution in [0.25, 0.3) is 11.8 Å². The van der Waals surface area contributed by atoms with Crippen LogP contribution in [-0.2, 0) is 4.79 Å². The molecule has 0 aliphatic carbocycles. The predicted octanol–water partition coefficient (Wildman–Crippen LogP) is 2.82. The highest BCUT2D eigenvalue weighted by Crippen LogP contribution is 2.26. The van der Waals surface area contributed by atoms with Crippen molar-refractivity contribution in [1.29, 1.82) is 0 Å². The number of amides is 1. The number of benzene rings is 2. The lowest BCUT2D eigenvalue weighted by molar-refractivity contribution is -0.114. The maximum Gasteiger partial charge on any atom is 0.280 e. The van der Waals surface area contributed by atoms with Crippen molar-refractivity contribution in [3.05, 3.63) is 81.9 Å². The van der Waals surface area contributed by atoms with E-state index in [1.54, 1.807) is 31.2 Å². The Balaban J connectivity index is 1.74. The number of nitrogens with one attached hydrogen (secondary N) is 1. The molecule has 8 heteroatoms. The molecular formula is C20H15FN4O3. The van der Waals surface area contributed by atoms with Gasteiger partial charge in [-0.1, -0.05) is 18.2 Å². The van der Waals surface area contributed by atoms with Gasteiger partial charge in [-0.2, -0.15) is 10.1 Å². The van der Waals surface area contributed by atoms with Gasteiger partial charge in [0.05, 0.1) is 22.7 Å². The molecule has 0 saturated carbocycles. The summed E-state index contributed by atoms with van der Waals surface area (Å²) in [4.78, 5) is 25.1. The first-order valence-corrected chi connectivity index (χ1v) is 8.42. The third kappa shape index (κ3) is 2.90. The zero-order valence-corrected chi connectivity index (χ0v) is 14.8. The van der Waals surface area contributed by atoms with Gasteiger partial charge >= 0.3 is 0 Å². The average molecular weight is 378 g/mol. The highest BCUT2D eigenvalue weighted by molar-refractivity contribution is 6.32. The minimum absolute atomic E-state index is 0.0860. The lowest BCUT2D eigenvalue weighted by Crippen LogP contribution is -2.21. The zero-order chi connectivity index (χ0) is 19.8. The predicted molar refractivity (Wildman–Crippen MR) is 103 cm³/mol. The standard InChI is InChI=1S/C20H15FN4O3/c1-12-16(19(27)24(22-12)14-5-3-2-4-6-14)11-17-18(26)23-25(20(17)28)15-9-7-13(21)8-10-15/h2-11,28H,1H3,(H,23,26)/b16-11-. The molecule has 3 aromatic rings. The molecular weight excluding hydrogens is 363 g/mol. The van der Waals surface area contributed by atoms with Gasteiger partial charge in [-0.3, -0.25) is 14.7 Å². The molecule has 1 aliphatic rings. The van der Waals surface area contributed by atoms with Crippen molar-refractivity contribution >= 4 is 23.4 Å². The highest BCUT2D eigenvalue weighted by atomic mass is 19.1. The molecule has 0 spiro atoms. The van der Waals surface area contributed by atoms with Crippen molar-refractivity contribution in [3.63, 3.8) is 0 Å². The molecule has 2 aromatic carbocycles. The topological polar surface area (TPSA) is 90.7 Å². The van der Waals surface area contributed by atoms with Gasteiger partial charge in [0.2, 0.25) is 5.88 Å². The normalized spacial score (nSPS) is 15.4. The van der Waals surface area contributed by atoms with Crippen molar-refractivity contribution in [2.75, 3.05) is 5.01 Å². The first-order chi connectivity index (χ1) is 13.5. The molecule has 1 aromatic heterocycles. The summed E-state index contributed by atoms with van der Waals surface area (Å²) in [5, 5.41) is 18.4. The Kier molecular flexibility index (Phi) is 4.15. The zero-order valence-electron chi connectivity index (χ0n) is 14.8. The Morgan fingerprint density at radius 2 is 1.71 bits per heavy atom. The monoisotopic (exact) mass is 378 g/mol. The maximum absolute atomic E-state index is 13.1. The summed E-state index contributed by atoms with van der Waals surface area (Å²) in [6.07, 6.45) is 1.30. The van der Waals surface area contributed by atoms with Gasteiger partial charge in [0.25, 0.3) is 11.5 Å². The van der Waals surface area contributed by atoms with Crippen molar-refractivity contribution in [1.82, 2.24) is 9.78 Å². The number of hydrogen-bond donors (Lipinski definition) is 2. The second-order valence-electron chi connectivity index (χ2n) is 6.19. The number of aromatic hydroxyl groups is 1. The van der Waals surface area contributed by atoms with E-state index in [0.29, 0.717) is 17.1 Å². The van der Waals surface area contributed by atoms with Gasteiger partial charge in [-0.15, -0.1) is 0 Å². The molecule has 0 unspecified atom stereocenters. The Hall–Kier alpha value is -3.94. The van der Waals surface area contributed by atoms with Crippen LogP contribution in [0.4, 0.5) is 10.1 Å². The largest absolute Gasteiger partial charge is 0.493 e. The molecule has 7 nitrogen and oxygen atoms in total. The molecule has 1 aliphatic heterocycles. The molecule has 0 saturated heterocycles. The van der Waals surface area contributed by atoms with Crippen LogP contribution in [0.3, 0.4) is 0 Å². The number of hydrogen-bond acceptors (Lipinski definition) is 4. The van der Waals surface area contributed by atoms with Crippen LogP contribution in [-0.4, -0.2) is 26.5 Å². The summed E-state index contributed by atoms with van der Waals surface area (Å²) >= 11 is 0. The third-order valence-corrected chi connectivity index (χ3v) is 4.35. The number of carbonyl (C=O) groups excluding carboxylic acids is 1. The third-order valence-electron chi connectivity index (χ3n) is 4.35. The molecule has 0 radical (unpaired) electrons. The van der Waals surface area contributed by atoms with Crippen molar-refractivity contribution in [2.24, 2.45) is 5.10 Å². The number of H-pyrrole nitrogens is 1. The van der Waals surface area contributed by atoms with Crippen molar-refractivity contribution < 1.29 is 14.3 Å². The fourth-order valence-electron chi connectivity index (χ4n) is 2.92. The lowest BCUT2D eigenvalue weighted by atomic mass is 10.1. The number of rotatable bonds is 3. The number of anilines is 1. The molecule has 2 N–H and O–H groups in total. The molecule has 4 rings (SSSR count). The number of aromatic nitrogens is 2. The molecule has 0 atom stereocenters. The number of para-hydroxylation sites is 1. The van der Waals surface area contributed by atoms with E-state index >= 15 is 0 Å². The fourth-order valence-corrected chi connectivity index (χ4v) is 2.92. The molecule has 28 heavy (non-hydrogen) atoms. The Labute approximate surface area is 158 Å². The molecule has 2 heterocycles. The molecule has 1 amide bonds. The van der Waals surface area contributed by atoms with Crippen LogP contribution in [0, 0.1) is 5.82 Å². The second-order valence-corrected chi connectivity index (χ2v) is 6.19.